The average Bonchev–Trinajstić information content (AvgIpc) is 2.41. The molecule has 0 bridgehead atoms. The van der Waals surface area contributed by atoms with Gasteiger partial charge in [0.15, 0.2) is 18.1 Å². The molecule has 0 aliphatic heterocycles. The van der Waals surface area contributed by atoms with Gasteiger partial charge in [0.05, 0.1) is 5.69 Å². The van der Waals surface area contributed by atoms with E-state index >= 15 is 0 Å². The molecular formula is C14H11F2NO3. The Morgan fingerprint density at radius 3 is 2.65 bits per heavy atom. The Kier molecular flexibility index (Phi) is 4.14. The number of ether oxygens (including phenoxy) is 1. The van der Waals surface area contributed by atoms with Crippen LogP contribution in [0.2, 0.25) is 0 Å². The van der Waals surface area contributed by atoms with E-state index < -0.39 is 24.1 Å². The third-order valence-corrected chi connectivity index (χ3v) is 2.43. The molecular weight excluding hydrogens is 268 g/mol. The Labute approximate surface area is 113 Å². The van der Waals surface area contributed by atoms with Crippen LogP contribution in [0.15, 0.2) is 42.5 Å². The topological polar surface area (TPSA) is 58.6 Å². The Bertz CT molecular complexity index is 632. The number of hydrogen-bond acceptors (Lipinski definition) is 3. The third kappa shape index (κ3) is 3.44. The van der Waals surface area contributed by atoms with Crippen LogP contribution in [0, 0.1) is 11.6 Å². The maximum absolute atomic E-state index is 13.3. The summed E-state index contributed by atoms with van der Waals surface area (Å²) in [5.41, 5.74) is -0.141. The number of phenols is 1. The molecule has 0 saturated heterocycles. The van der Waals surface area contributed by atoms with Gasteiger partial charge in [-0.1, -0.05) is 12.1 Å². The van der Waals surface area contributed by atoms with Crippen LogP contribution in [0.1, 0.15) is 0 Å². The number of carbonyl (C=O) groups is 1. The monoisotopic (exact) mass is 279 g/mol. The summed E-state index contributed by atoms with van der Waals surface area (Å²) >= 11 is 0. The first-order valence-corrected chi connectivity index (χ1v) is 5.72. The standard InChI is InChI=1S/C14H11F2NO3/c15-9-5-6-11(10(16)7-9)17-14(19)8-20-13-4-2-1-3-12(13)18/h1-7,18H,8H2,(H,17,19). The van der Waals surface area contributed by atoms with E-state index in [0.717, 1.165) is 12.1 Å². The summed E-state index contributed by atoms with van der Waals surface area (Å²) < 4.78 is 31.1. The van der Waals surface area contributed by atoms with Crippen molar-refractivity contribution >= 4 is 11.6 Å². The lowest BCUT2D eigenvalue weighted by molar-refractivity contribution is -0.118. The van der Waals surface area contributed by atoms with Gasteiger partial charge < -0.3 is 15.2 Å². The molecule has 0 atom stereocenters. The lowest BCUT2D eigenvalue weighted by Crippen LogP contribution is -2.20. The first-order chi connectivity index (χ1) is 9.56. The second kappa shape index (κ2) is 6.01. The van der Waals surface area contributed by atoms with Gasteiger partial charge in [0.2, 0.25) is 0 Å². The summed E-state index contributed by atoms with van der Waals surface area (Å²) in [6, 6.07) is 8.95. The van der Waals surface area contributed by atoms with Crippen molar-refractivity contribution in [3.8, 4) is 11.5 Å². The van der Waals surface area contributed by atoms with Crippen LogP contribution in [-0.2, 0) is 4.79 Å². The number of nitrogens with one attached hydrogen (secondary N) is 1. The summed E-state index contributed by atoms with van der Waals surface area (Å²) in [6.07, 6.45) is 0. The SMILES string of the molecule is O=C(COc1ccccc1O)Nc1ccc(F)cc1F. The molecule has 0 aliphatic carbocycles. The van der Waals surface area contributed by atoms with Gasteiger partial charge >= 0.3 is 0 Å². The minimum Gasteiger partial charge on any atom is -0.504 e. The number of aromatic hydroxyl groups is 1. The lowest BCUT2D eigenvalue weighted by atomic mass is 10.3. The number of phenolic OH excluding ortho intramolecular Hbond substituents is 1. The van der Waals surface area contributed by atoms with E-state index in [-0.39, 0.29) is 17.2 Å². The van der Waals surface area contributed by atoms with E-state index in [1.807, 2.05) is 0 Å². The molecule has 0 fully saturated rings. The second-order valence-electron chi connectivity index (χ2n) is 3.93. The van der Waals surface area contributed by atoms with Crippen LogP contribution < -0.4 is 10.1 Å². The number of hydrogen-bond donors (Lipinski definition) is 2. The van der Waals surface area contributed by atoms with E-state index in [2.05, 4.69) is 5.32 Å². The predicted octanol–water partition coefficient (Wildman–Crippen LogP) is 2.69. The fourth-order valence-corrected chi connectivity index (χ4v) is 1.50. The minimum absolute atomic E-state index is 0.103. The Balaban J connectivity index is 1.94. The smallest absolute Gasteiger partial charge is 0.262 e. The maximum atomic E-state index is 13.3. The van der Waals surface area contributed by atoms with Gasteiger partial charge in [-0.25, -0.2) is 8.78 Å². The van der Waals surface area contributed by atoms with Crippen LogP contribution in [0.3, 0.4) is 0 Å². The van der Waals surface area contributed by atoms with E-state index in [0.29, 0.717) is 6.07 Å². The zero-order chi connectivity index (χ0) is 14.5. The first-order valence-electron chi connectivity index (χ1n) is 5.72. The summed E-state index contributed by atoms with van der Waals surface area (Å²) in [4.78, 5) is 11.6. The molecule has 0 spiro atoms. The maximum Gasteiger partial charge on any atom is 0.262 e. The minimum atomic E-state index is -0.874. The zero-order valence-corrected chi connectivity index (χ0v) is 10.3. The van der Waals surface area contributed by atoms with Crippen molar-refractivity contribution in [2.45, 2.75) is 0 Å². The molecule has 2 N–H and O–H groups in total. The molecule has 1 amide bonds. The quantitative estimate of drug-likeness (QED) is 0.904. The van der Waals surface area contributed by atoms with Gasteiger partial charge in [-0.15, -0.1) is 0 Å². The Morgan fingerprint density at radius 2 is 1.95 bits per heavy atom. The van der Waals surface area contributed by atoms with E-state index in [4.69, 9.17) is 4.74 Å². The van der Waals surface area contributed by atoms with E-state index in [9.17, 15) is 18.7 Å². The van der Waals surface area contributed by atoms with Crippen molar-refractivity contribution < 1.29 is 23.4 Å². The summed E-state index contributed by atoms with van der Waals surface area (Å²) in [7, 11) is 0. The molecule has 0 saturated carbocycles. The highest BCUT2D eigenvalue weighted by atomic mass is 19.1. The molecule has 2 aromatic rings. The average molecular weight is 279 g/mol. The number of halogens is 2. The number of anilines is 1. The van der Waals surface area contributed by atoms with Crippen molar-refractivity contribution in [1.82, 2.24) is 0 Å². The molecule has 0 unspecified atom stereocenters. The highest BCUT2D eigenvalue weighted by molar-refractivity contribution is 5.92. The molecule has 104 valence electrons. The Morgan fingerprint density at radius 1 is 1.20 bits per heavy atom. The third-order valence-electron chi connectivity index (χ3n) is 2.43. The molecule has 0 aliphatic rings. The summed E-state index contributed by atoms with van der Waals surface area (Å²) in [5.74, 6) is -2.19. The predicted molar refractivity (Wildman–Crippen MR) is 68.6 cm³/mol. The van der Waals surface area contributed by atoms with Gasteiger partial charge in [0, 0.05) is 6.07 Å². The van der Waals surface area contributed by atoms with E-state index in [1.165, 1.54) is 12.1 Å². The Hall–Kier alpha value is -2.63. The van der Waals surface area contributed by atoms with Crippen LogP contribution >= 0.6 is 0 Å². The molecule has 2 rings (SSSR count). The van der Waals surface area contributed by atoms with Crippen LogP contribution in [0.25, 0.3) is 0 Å². The van der Waals surface area contributed by atoms with Gasteiger partial charge in [-0.2, -0.15) is 0 Å². The first kappa shape index (κ1) is 13.8. The van der Waals surface area contributed by atoms with Crippen molar-refractivity contribution in [1.29, 1.82) is 0 Å². The number of benzene rings is 2. The number of carbonyl (C=O) groups excluding carboxylic acids is 1. The molecule has 2 aromatic carbocycles. The van der Waals surface area contributed by atoms with Crippen molar-refractivity contribution in [3.63, 3.8) is 0 Å². The fraction of sp³-hybridized carbons (Fsp3) is 0.0714. The molecule has 4 nitrogen and oxygen atoms in total. The van der Waals surface area contributed by atoms with Gasteiger partial charge in [-0.3, -0.25) is 4.79 Å². The van der Waals surface area contributed by atoms with Crippen LogP contribution in [0.5, 0.6) is 11.5 Å². The molecule has 20 heavy (non-hydrogen) atoms. The fourth-order valence-electron chi connectivity index (χ4n) is 1.50. The molecule has 6 heteroatoms. The van der Waals surface area contributed by atoms with Gasteiger partial charge in [-0.05, 0) is 24.3 Å². The second-order valence-corrected chi connectivity index (χ2v) is 3.93. The van der Waals surface area contributed by atoms with Crippen LogP contribution in [0.4, 0.5) is 14.5 Å². The number of amides is 1. The van der Waals surface area contributed by atoms with Crippen LogP contribution in [-0.4, -0.2) is 17.6 Å². The number of para-hydroxylation sites is 2. The normalized spacial score (nSPS) is 10.1. The largest absolute Gasteiger partial charge is 0.504 e. The summed E-state index contributed by atoms with van der Waals surface area (Å²) in [5, 5.41) is 11.7. The highest BCUT2D eigenvalue weighted by Gasteiger charge is 2.09. The number of rotatable bonds is 4. The summed E-state index contributed by atoms with van der Waals surface area (Å²) in [6.45, 7) is -0.408. The van der Waals surface area contributed by atoms with Crippen molar-refractivity contribution in [2.24, 2.45) is 0 Å². The van der Waals surface area contributed by atoms with Crippen molar-refractivity contribution in [3.05, 3.63) is 54.1 Å². The molecule has 0 heterocycles. The van der Waals surface area contributed by atoms with Gasteiger partial charge in [0.1, 0.15) is 11.6 Å². The van der Waals surface area contributed by atoms with Gasteiger partial charge in [0.25, 0.3) is 5.91 Å². The van der Waals surface area contributed by atoms with Crippen molar-refractivity contribution in [2.75, 3.05) is 11.9 Å². The lowest BCUT2D eigenvalue weighted by Gasteiger charge is -2.09. The highest BCUT2D eigenvalue weighted by Crippen LogP contribution is 2.24. The van der Waals surface area contributed by atoms with E-state index in [1.54, 1.807) is 12.1 Å². The zero-order valence-electron chi connectivity index (χ0n) is 10.3. The molecule has 0 radical (unpaired) electrons. The molecule has 0 aromatic heterocycles.